The van der Waals surface area contributed by atoms with Crippen molar-refractivity contribution in [2.45, 2.75) is 13.0 Å². The van der Waals surface area contributed by atoms with Crippen molar-refractivity contribution in [2.24, 2.45) is 7.05 Å². The van der Waals surface area contributed by atoms with Crippen LogP contribution in [0.1, 0.15) is 23.5 Å². The highest BCUT2D eigenvalue weighted by Gasteiger charge is 2.24. The third kappa shape index (κ3) is 2.54. The molecule has 2 aromatic rings. The molecule has 0 radical (unpaired) electrons. The Kier molecular flexibility index (Phi) is 4.19. The molecule has 0 fully saturated rings. The molecule has 2 aromatic heterocycles. The second-order valence-corrected chi connectivity index (χ2v) is 5.62. The minimum absolute atomic E-state index is 0.0156. The molecular formula is C10H12BrClN4S. The first-order valence-corrected chi connectivity index (χ1v) is 7.21. The van der Waals surface area contributed by atoms with Crippen molar-refractivity contribution in [1.29, 1.82) is 0 Å². The van der Waals surface area contributed by atoms with Crippen molar-refractivity contribution in [2.75, 3.05) is 6.54 Å². The summed E-state index contributed by atoms with van der Waals surface area (Å²) in [5.74, 6) is 0. The fourth-order valence-electron chi connectivity index (χ4n) is 1.67. The van der Waals surface area contributed by atoms with Crippen LogP contribution in [-0.4, -0.2) is 21.5 Å². The Morgan fingerprint density at radius 2 is 2.41 bits per heavy atom. The lowest BCUT2D eigenvalue weighted by Gasteiger charge is -2.17. The Bertz CT molecular complexity index is 491. The number of aryl methyl sites for hydroxylation is 1. The molecular weight excluding hydrogens is 324 g/mol. The maximum absolute atomic E-state index is 6.20. The standard InChI is InChI=1S/C10H12BrClN4S/c1-3-13-7(9-6(12)4-5-17-9)8-10(11)14-15-16(8)2/h4-5,7,13H,3H2,1-2H3. The van der Waals surface area contributed by atoms with Gasteiger partial charge in [-0.3, -0.25) is 0 Å². The number of aromatic nitrogens is 3. The maximum atomic E-state index is 6.20. The van der Waals surface area contributed by atoms with Gasteiger partial charge < -0.3 is 5.32 Å². The van der Waals surface area contributed by atoms with Crippen molar-refractivity contribution in [3.8, 4) is 0 Å². The lowest BCUT2D eigenvalue weighted by atomic mass is 10.2. The molecule has 1 unspecified atom stereocenters. The van der Waals surface area contributed by atoms with Crippen LogP contribution in [0.2, 0.25) is 5.02 Å². The van der Waals surface area contributed by atoms with Crippen LogP contribution in [-0.2, 0) is 7.05 Å². The summed E-state index contributed by atoms with van der Waals surface area (Å²) in [5, 5.41) is 14.2. The molecule has 0 saturated carbocycles. The predicted octanol–water partition coefficient (Wildman–Crippen LogP) is 2.99. The fourth-order valence-corrected chi connectivity index (χ4v) is 3.47. The first-order chi connectivity index (χ1) is 8.15. The average molecular weight is 336 g/mol. The summed E-state index contributed by atoms with van der Waals surface area (Å²) in [6.45, 7) is 2.91. The summed E-state index contributed by atoms with van der Waals surface area (Å²) >= 11 is 11.3. The molecule has 4 nitrogen and oxygen atoms in total. The van der Waals surface area contributed by atoms with Gasteiger partial charge in [-0.2, -0.15) is 0 Å². The largest absolute Gasteiger partial charge is 0.304 e. The molecule has 0 aliphatic carbocycles. The third-order valence-corrected chi connectivity index (χ3v) is 4.40. The molecule has 0 aliphatic rings. The number of nitrogens with zero attached hydrogens (tertiary/aromatic N) is 3. The van der Waals surface area contributed by atoms with Gasteiger partial charge in [0, 0.05) is 11.9 Å². The van der Waals surface area contributed by atoms with E-state index in [1.165, 1.54) is 0 Å². The molecule has 1 atom stereocenters. The molecule has 0 aromatic carbocycles. The van der Waals surface area contributed by atoms with Gasteiger partial charge >= 0.3 is 0 Å². The number of hydrogen-bond acceptors (Lipinski definition) is 4. The predicted molar refractivity (Wildman–Crippen MR) is 73.6 cm³/mol. The summed E-state index contributed by atoms with van der Waals surface area (Å²) in [7, 11) is 1.87. The third-order valence-electron chi connectivity index (χ3n) is 2.42. The van der Waals surface area contributed by atoms with Gasteiger partial charge in [0.25, 0.3) is 0 Å². The van der Waals surface area contributed by atoms with Crippen molar-refractivity contribution < 1.29 is 0 Å². The molecule has 7 heteroatoms. The fraction of sp³-hybridized carbons (Fsp3) is 0.400. The topological polar surface area (TPSA) is 42.7 Å². The minimum Gasteiger partial charge on any atom is -0.304 e. The van der Waals surface area contributed by atoms with Crippen LogP contribution >= 0.6 is 38.9 Å². The van der Waals surface area contributed by atoms with E-state index >= 15 is 0 Å². The number of halogens is 2. The summed E-state index contributed by atoms with van der Waals surface area (Å²) in [6.07, 6.45) is 0. The van der Waals surface area contributed by atoms with E-state index in [-0.39, 0.29) is 6.04 Å². The number of thiophene rings is 1. The van der Waals surface area contributed by atoms with Crippen molar-refractivity contribution >= 4 is 38.9 Å². The lowest BCUT2D eigenvalue weighted by molar-refractivity contribution is 0.573. The van der Waals surface area contributed by atoms with Gasteiger partial charge in [-0.05, 0) is 33.9 Å². The van der Waals surface area contributed by atoms with Gasteiger partial charge in [0.2, 0.25) is 0 Å². The first-order valence-electron chi connectivity index (χ1n) is 5.16. The van der Waals surface area contributed by atoms with E-state index in [1.807, 2.05) is 18.5 Å². The molecule has 2 heterocycles. The summed E-state index contributed by atoms with van der Waals surface area (Å²) < 4.78 is 2.50. The van der Waals surface area contributed by atoms with Crippen LogP contribution in [0.4, 0.5) is 0 Å². The molecule has 1 N–H and O–H groups in total. The highest BCUT2D eigenvalue weighted by Crippen LogP contribution is 2.34. The second kappa shape index (κ2) is 5.48. The Morgan fingerprint density at radius 3 is 2.88 bits per heavy atom. The Labute approximate surface area is 117 Å². The number of hydrogen-bond donors (Lipinski definition) is 1. The van der Waals surface area contributed by atoms with E-state index < -0.39 is 0 Å². The summed E-state index contributed by atoms with van der Waals surface area (Å²) in [4.78, 5) is 1.08. The molecule has 0 amide bonds. The maximum Gasteiger partial charge on any atom is 0.153 e. The van der Waals surface area contributed by atoms with E-state index in [1.54, 1.807) is 16.0 Å². The van der Waals surface area contributed by atoms with Gasteiger partial charge in [0.1, 0.15) is 0 Å². The number of nitrogens with one attached hydrogen (secondary N) is 1. The minimum atomic E-state index is 0.0156. The van der Waals surface area contributed by atoms with E-state index in [0.29, 0.717) is 0 Å². The quantitative estimate of drug-likeness (QED) is 0.934. The van der Waals surface area contributed by atoms with Crippen molar-refractivity contribution in [3.63, 3.8) is 0 Å². The smallest absolute Gasteiger partial charge is 0.153 e. The summed E-state index contributed by atoms with van der Waals surface area (Å²) in [6, 6.07) is 1.92. The van der Waals surface area contributed by atoms with Crippen LogP contribution in [0.3, 0.4) is 0 Å². The van der Waals surface area contributed by atoms with E-state index in [2.05, 4.69) is 38.5 Å². The monoisotopic (exact) mass is 334 g/mol. The molecule has 17 heavy (non-hydrogen) atoms. The van der Waals surface area contributed by atoms with Crippen LogP contribution < -0.4 is 5.32 Å². The average Bonchev–Trinajstić information content (AvgIpc) is 2.84. The second-order valence-electron chi connectivity index (χ2n) is 3.51. The normalized spacial score (nSPS) is 12.9. The van der Waals surface area contributed by atoms with Gasteiger partial charge in [-0.15, -0.1) is 16.4 Å². The molecule has 0 spiro atoms. The zero-order valence-electron chi connectivity index (χ0n) is 9.44. The zero-order chi connectivity index (χ0) is 12.4. The SMILES string of the molecule is CCNC(c1sccc1Cl)c1c(Br)nnn1C. The highest BCUT2D eigenvalue weighted by molar-refractivity contribution is 9.10. The lowest BCUT2D eigenvalue weighted by Crippen LogP contribution is -2.24. The first kappa shape index (κ1) is 13.0. The zero-order valence-corrected chi connectivity index (χ0v) is 12.6. The molecule has 92 valence electrons. The van der Waals surface area contributed by atoms with Crippen molar-refractivity contribution in [1.82, 2.24) is 20.3 Å². The van der Waals surface area contributed by atoms with Crippen LogP contribution in [0.15, 0.2) is 16.0 Å². The Hall–Kier alpha value is -0.430. The highest BCUT2D eigenvalue weighted by atomic mass is 79.9. The molecule has 0 saturated heterocycles. The van der Waals surface area contributed by atoms with Crippen LogP contribution in [0.5, 0.6) is 0 Å². The van der Waals surface area contributed by atoms with Gasteiger partial charge in [0.15, 0.2) is 4.60 Å². The van der Waals surface area contributed by atoms with E-state index in [0.717, 1.165) is 26.7 Å². The van der Waals surface area contributed by atoms with Gasteiger partial charge in [0.05, 0.1) is 16.8 Å². The van der Waals surface area contributed by atoms with Crippen LogP contribution in [0.25, 0.3) is 0 Å². The van der Waals surface area contributed by atoms with Gasteiger partial charge in [-0.25, -0.2) is 4.68 Å². The Morgan fingerprint density at radius 1 is 1.65 bits per heavy atom. The number of rotatable bonds is 4. The molecule has 0 bridgehead atoms. The van der Waals surface area contributed by atoms with Crippen LogP contribution in [0, 0.1) is 0 Å². The Balaban J connectivity index is 2.46. The van der Waals surface area contributed by atoms with E-state index in [4.69, 9.17) is 11.6 Å². The van der Waals surface area contributed by atoms with Gasteiger partial charge in [-0.1, -0.05) is 23.7 Å². The van der Waals surface area contributed by atoms with E-state index in [9.17, 15) is 0 Å². The molecule has 2 rings (SSSR count). The molecule has 0 aliphatic heterocycles. The summed E-state index contributed by atoms with van der Waals surface area (Å²) in [5.41, 5.74) is 0.983. The van der Waals surface area contributed by atoms with Crippen molar-refractivity contribution in [3.05, 3.63) is 31.6 Å².